The summed E-state index contributed by atoms with van der Waals surface area (Å²) in [5, 5.41) is 9.19. The molecule has 0 bridgehead atoms. The van der Waals surface area contributed by atoms with Crippen LogP contribution in [0, 0.1) is 13.8 Å². The number of fused-ring (bicyclic) bond motifs is 1. The number of aliphatic hydroxyl groups is 1. The molecule has 1 aromatic rings. The Hall–Kier alpha value is -1.22. The van der Waals surface area contributed by atoms with Crippen LogP contribution in [0.4, 0.5) is 0 Å². The molecule has 0 unspecified atom stereocenters. The zero-order valence-corrected chi connectivity index (χ0v) is 9.33. The van der Waals surface area contributed by atoms with Crippen LogP contribution in [0.15, 0.2) is 12.1 Å². The average molecular weight is 208 g/mol. The van der Waals surface area contributed by atoms with Gasteiger partial charge >= 0.3 is 0 Å². The number of rotatable bonds is 1. The number of hydrogen-bond donors (Lipinski definition) is 1. The van der Waals surface area contributed by atoms with Crippen LogP contribution < -0.4 is 9.47 Å². The molecule has 0 amide bonds. The first kappa shape index (κ1) is 10.3. The molecule has 82 valence electrons. The van der Waals surface area contributed by atoms with E-state index in [1.165, 1.54) is 11.1 Å². The highest BCUT2D eigenvalue weighted by molar-refractivity contribution is 5.47. The van der Waals surface area contributed by atoms with Crippen molar-refractivity contribution < 1.29 is 14.6 Å². The predicted molar refractivity (Wildman–Crippen MR) is 57.5 cm³/mol. The molecule has 0 fully saturated rings. The number of aryl methyl sites for hydroxylation is 2. The third-order valence-corrected chi connectivity index (χ3v) is 2.78. The highest BCUT2D eigenvalue weighted by Gasteiger charge is 2.32. The Bertz CT molecular complexity index is 387. The number of ether oxygens (including phenoxy) is 2. The molecule has 1 atom stereocenters. The first-order chi connectivity index (χ1) is 7.04. The maximum absolute atomic E-state index is 9.19. The lowest BCUT2D eigenvalue weighted by Crippen LogP contribution is -2.45. The smallest absolute Gasteiger partial charge is 0.163 e. The SMILES string of the molecule is Cc1cc2c(cc1C)O[C@@](C)(CO)CO2. The standard InChI is InChI=1S/C12H16O3/c1-8-4-10-11(5-9(8)2)15-12(3,6-13)7-14-10/h4-5,13H,6-7H2,1-3H3/t12-/m0/s1. The summed E-state index contributed by atoms with van der Waals surface area (Å²) in [6.45, 7) is 6.26. The van der Waals surface area contributed by atoms with Crippen LogP contribution in [0.2, 0.25) is 0 Å². The first-order valence-corrected chi connectivity index (χ1v) is 5.08. The molecule has 3 heteroatoms. The number of hydrogen-bond acceptors (Lipinski definition) is 3. The molecule has 0 spiro atoms. The minimum Gasteiger partial charge on any atom is -0.485 e. The Balaban J connectivity index is 2.38. The van der Waals surface area contributed by atoms with Crippen molar-refractivity contribution in [3.63, 3.8) is 0 Å². The minimum absolute atomic E-state index is 0.0423. The molecule has 1 aliphatic heterocycles. The van der Waals surface area contributed by atoms with E-state index in [1.54, 1.807) is 0 Å². The topological polar surface area (TPSA) is 38.7 Å². The Kier molecular flexibility index (Phi) is 2.35. The highest BCUT2D eigenvalue weighted by Crippen LogP contribution is 2.37. The molecule has 1 aromatic carbocycles. The summed E-state index contributed by atoms with van der Waals surface area (Å²) in [7, 11) is 0. The summed E-state index contributed by atoms with van der Waals surface area (Å²) < 4.78 is 11.3. The largest absolute Gasteiger partial charge is 0.485 e. The van der Waals surface area contributed by atoms with Crippen LogP contribution in [-0.2, 0) is 0 Å². The van der Waals surface area contributed by atoms with E-state index in [4.69, 9.17) is 9.47 Å². The summed E-state index contributed by atoms with van der Waals surface area (Å²) in [6.07, 6.45) is 0. The van der Waals surface area contributed by atoms with Gasteiger partial charge in [0.2, 0.25) is 0 Å². The Morgan fingerprint density at radius 2 is 1.87 bits per heavy atom. The third-order valence-electron chi connectivity index (χ3n) is 2.78. The van der Waals surface area contributed by atoms with Gasteiger partial charge in [-0.15, -0.1) is 0 Å². The van der Waals surface area contributed by atoms with E-state index in [-0.39, 0.29) is 6.61 Å². The van der Waals surface area contributed by atoms with Crippen molar-refractivity contribution in [1.82, 2.24) is 0 Å². The third kappa shape index (κ3) is 1.79. The maximum Gasteiger partial charge on any atom is 0.163 e. The molecular formula is C12H16O3. The molecule has 1 N–H and O–H groups in total. The van der Waals surface area contributed by atoms with Crippen LogP contribution in [0.1, 0.15) is 18.1 Å². The minimum atomic E-state index is -0.616. The summed E-state index contributed by atoms with van der Waals surface area (Å²) in [5.41, 5.74) is 1.74. The van der Waals surface area contributed by atoms with Crippen LogP contribution in [0.3, 0.4) is 0 Å². The van der Waals surface area contributed by atoms with Gasteiger partial charge in [-0.1, -0.05) is 0 Å². The van der Waals surface area contributed by atoms with E-state index in [1.807, 2.05) is 32.9 Å². The monoisotopic (exact) mass is 208 g/mol. The molecule has 15 heavy (non-hydrogen) atoms. The molecule has 1 aliphatic rings. The van der Waals surface area contributed by atoms with Gasteiger partial charge in [-0.25, -0.2) is 0 Å². The lowest BCUT2D eigenvalue weighted by molar-refractivity contribution is -0.0337. The van der Waals surface area contributed by atoms with Crippen molar-refractivity contribution in [3.05, 3.63) is 23.3 Å². The quantitative estimate of drug-likeness (QED) is 0.765. The Morgan fingerprint density at radius 3 is 2.47 bits per heavy atom. The Labute approximate surface area is 89.6 Å². The molecule has 0 saturated heterocycles. The summed E-state index contributed by atoms with van der Waals surface area (Å²) in [4.78, 5) is 0. The molecule has 0 aromatic heterocycles. The van der Waals surface area contributed by atoms with E-state index in [9.17, 15) is 5.11 Å². The van der Waals surface area contributed by atoms with Gasteiger partial charge in [-0.2, -0.15) is 0 Å². The normalized spacial score (nSPS) is 24.0. The number of aliphatic hydroxyl groups excluding tert-OH is 1. The van der Waals surface area contributed by atoms with E-state index in [0.717, 1.165) is 11.5 Å². The molecule has 1 heterocycles. The average Bonchev–Trinajstić information content (AvgIpc) is 2.21. The lowest BCUT2D eigenvalue weighted by atomic mass is 10.1. The zero-order valence-electron chi connectivity index (χ0n) is 9.33. The fourth-order valence-corrected chi connectivity index (χ4v) is 1.56. The van der Waals surface area contributed by atoms with Gasteiger partial charge in [0.25, 0.3) is 0 Å². The molecule has 0 aliphatic carbocycles. The van der Waals surface area contributed by atoms with E-state index >= 15 is 0 Å². The van der Waals surface area contributed by atoms with Crippen LogP contribution in [0.25, 0.3) is 0 Å². The zero-order chi connectivity index (χ0) is 11.1. The van der Waals surface area contributed by atoms with Crippen LogP contribution in [0.5, 0.6) is 11.5 Å². The van der Waals surface area contributed by atoms with Gasteiger partial charge in [0.1, 0.15) is 6.61 Å². The van der Waals surface area contributed by atoms with Gasteiger partial charge < -0.3 is 14.6 Å². The first-order valence-electron chi connectivity index (χ1n) is 5.08. The van der Waals surface area contributed by atoms with E-state index in [2.05, 4.69) is 0 Å². The van der Waals surface area contributed by atoms with E-state index in [0.29, 0.717) is 6.61 Å². The predicted octanol–water partition coefficient (Wildman–Crippen LogP) is 1.83. The summed E-state index contributed by atoms with van der Waals surface area (Å²) >= 11 is 0. The molecule has 0 radical (unpaired) electrons. The maximum atomic E-state index is 9.19. The fraction of sp³-hybridized carbons (Fsp3) is 0.500. The molecular weight excluding hydrogens is 192 g/mol. The van der Waals surface area contributed by atoms with Gasteiger partial charge in [-0.05, 0) is 44.0 Å². The highest BCUT2D eigenvalue weighted by atomic mass is 16.6. The van der Waals surface area contributed by atoms with Crippen molar-refractivity contribution in [2.75, 3.05) is 13.2 Å². The van der Waals surface area contributed by atoms with Crippen molar-refractivity contribution in [1.29, 1.82) is 0 Å². The van der Waals surface area contributed by atoms with Gasteiger partial charge in [0.15, 0.2) is 17.1 Å². The molecule has 2 rings (SSSR count). The van der Waals surface area contributed by atoms with Crippen LogP contribution >= 0.6 is 0 Å². The van der Waals surface area contributed by atoms with Gasteiger partial charge in [0, 0.05) is 0 Å². The second kappa shape index (κ2) is 3.42. The van der Waals surface area contributed by atoms with Gasteiger partial charge in [0.05, 0.1) is 6.61 Å². The van der Waals surface area contributed by atoms with Crippen molar-refractivity contribution >= 4 is 0 Å². The lowest BCUT2D eigenvalue weighted by Gasteiger charge is -2.34. The second-order valence-corrected chi connectivity index (χ2v) is 4.38. The summed E-state index contributed by atoms with van der Waals surface area (Å²) in [6, 6.07) is 3.93. The van der Waals surface area contributed by atoms with Gasteiger partial charge in [-0.3, -0.25) is 0 Å². The van der Waals surface area contributed by atoms with Crippen molar-refractivity contribution in [2.24, 2.45) is 0 Å². The summed E-state index contributed by atoms with van der Waals surface area (Å²) in [5.74, 6) is 1.49. The fourth-order valence-electron chi connectivity index (χ4n) is 1.56. The number of benzene rings is 1. The van der Waals surface area contributed by atoms with Crippen molar-refractivity contribution in [3.8, 4) is 11.5 Å². The molecule has 3 nitrogen and oxygen atoms in total. The van der Waals surface area contributed by atoms with E-state index < -0.39 is 5.60 Å². The second-order valence-electron chi connectivity index (χ2n) is 4.38. The Morgan fingerprint density at radius 1 is 1.27 bits per heavy atom. The van der Waals surface area contributed by atoms with Crippen LogP contribution in [-0.4, -0.2) is 23.9 Å². The van der Waals surface area contributed by atoms with Crippen molar-refractivity contribution in [2.45, 2.75) is 26.4 Å². The molecule has 0 saturated carbocycles.